The maximum atomic E-state index is 13.8. The molecule has 0 fully saturated rings. The summed E-state index contributed by atoms with van der Waals surface area (Å²) in [7, 11) is 1.42. The first kappa shape index (κ1) is 15.0. The minimum absolute atomic E-state index is 0.212. The first-order valence-electron chi connectivity index (χ1n) is 5.60. The molecule has 0 radical (unpaired) electrons. The summed E-state index contributed by atoms with van der Waals surface area (Å²) in [4.78, 5) is 0. The van der Waals surface area contributed by atoms with Crippen LogP contribution in [0, 0.1) is 11.6 Å². The topological polar surface area (TPSA) is 29.5 Å². The number of aliphatic hydroxyl groups excluding tert-OH is 1. The Hall–Kier alpha value is -1.36. The third kappa shape index (κ3) is 2.87. The van der Waals surface area contributed by atoms with E-state index in [1.54, 1.807) is 0 Å². The molecule has 106 valence electrons. The molecule has 0 saturated heterocycles. The average molecular weight is 319 g/mol. The van der Waals surface area contributed by atoms with Gasteiger partial charge in [-0.2, -0.15) is 0 Å². The van der Waals surface area contributed by atoms with Crippen molar-refractivity contribution in [2.45, 2.75) is 6.10 Å². The third-order valence-corrected chi connectivity index (χ3v) is 3.43. The summed E-state index contributed by atoms with van der Waals surface area (Å²) in [5, 5.41) is 10.2. The lowest BCUT2D eigenvalue weighted by atomic mass is 10.0. The summed E-state index contributed by atoms with van der Waals surface area (Å²) < 4.78 is 32.2. The van der Waals surface area contributed by atoms with Crippen molar-refractivity contribution in [2.24, 2.45) is 0 Å². The van der Waals surface area contributed by atoms with Gasteiger partial charge in [-0.25, -0.2) is 8.78 Å². The van der Waals surface area contributed by atoms with Crippen LogP contribution in [0.1, 0.15) is 17.2 Å². The number of hydrogen-bond acceptors (Lipinski definition) is 2. The van der Waals surface area contributed by atoms with Gasteiger partial charge in [0.2, 0.25) is 0 Å². The SMILES string of the molecule is COc1cc(C(O)c2cc(F)c(Cl)cc2F)ccc1Cl. The van der Waals surface area contributed by atoms with Crippen molar-refractivity contribution in [3.8, 4) is 5.75 Å². The molecule has 0 heterocycles. The van der Waals surface area contributed by atoms with Gasteiger partial charge in [0.1, 0.15) is 23.5 Å². The lowest BCUT2D eigenvalue weighted by molar-refractivity contribution is 0.214. The molecule has 2 nitrogen and oxygen atoms in total. The fourth-order valence-corrected chi connectivity index (χ4v) is 2.12. The van der Waals surface area contributed by atoms with Crippen LogP contribution in [-0.2, 0) is 0 Å². The maximum Gasteiger partial charge on any atom is 0.142 e. The Kier molecular flexibility index (Phi) is 4.48. The van der Waals surface area contributed by atoms with Gasteiger partial charge in [-0.05, 0) is 29.8 Å². The number of hydrogen-bond donors (Lipinski definition) is 1. The van der Waals surface area contributed by atoms with E-state index in [0.29, 0.717) is 16.3 Å². The van der Waals surface area contributed by atoms with E-state index in [1.807, 2.05) is 0 Å². The van der Waals surface area contributed by atoms with Crippen molar-refractivity contribution < 1.29 is 18.6 Å². The predicted octanol–water partition coefficient (Wildman–Crippen LogP) is 4.36. The van der Waals surface area contributed by atoms with Crippen LogP contribution in [0.5, 0.6) is 5.75 Å². The van der Waals surface area contributed by atoms with Crippen LogP contribution >= 0.6 is 23.2 Å². The first-order valence-corrected chi connectivity index (χ1v) is 6.35. The summed E-state index contributed by atoms with van der Waals surface area (Å²) in [5.74, 6) is -1.26. The van der Waals surface area contributed by atoms with E-state index in [2.05, 4.69) is 0 Å². The Morgan fingerprint density at radius 3 is 2.40 bits per heavy atom. The lowest BCUT2D eigenvalue weighted by Crippen LogP contribution is -2.04. The van der Waals surface area contributed by atoms with E-state index in [9.17, 15) is 13.9 Å². The van der Waals surface area contributed by atoms with Crippen LogP contribution in [0.2, 0.25) is 10.0 Å². The van der Waals surface area contributed by atoms with Gasteiger partial charge in [0.15, 0.2) is 0 Å². The van der Waals surface area contributed by atoms with Crippen LogP contribution in [0.3, 0.4) is 0 Å². The summed E-state index contributed by atoms with van der Waals surface area (Å²) in [6.07, 6.45) is -1.35. The molecule has 1 unspecified atom stereocenters. The van der Waals surface area contributed by atoms with Gasteiger partial charge >= 0.3 is 0 Å². The fraction of sp³-hybridized carbons (Fsp3) is 0.143. The number of aliphatic hydroxyl groups is 1. The van der Waals surface area contributed by atoms with Gasteiger partial charge in [-0.15, -0.1) is 0 Å². The normalized spacial score (nSPS) is 12.3. The molecule has 0 aromatic heterocycles. The van der Waals surface area contributed by atoms with Crippen molar-refractivity contribution in [1.29, 1.82) is 0 Å². The zero-order valence-corrected chi connectivity index (χ0v) is 11.8. The minimum Gasteiger partial charge on any atom is -0.495 e. The molecule has 0 saturated carbocycles. The Balaban J connectivity index is 2.46. The second-order valence-electron chi connectivity index (χ2n) is 4.08. The van der Waals surface area contributed by atoms with E-state index < -0.39 is 17.7 Å². The number of halogens is 4. The Morgan fingerprint density at radius 1 is 1.05 bits per heavy atom. The number of ether oxygens (including phenoxy) is 1. The molecule has 1 atom stereocenters. The molecule has 0 aliphatic rings. The third-order valence-electron chi connectivity index (χ3n) is 2.83. The molecule has 0 amide bonds. The Labute approximate surface area is 124 Å². The molecule has 2 aromatic rings. The van der Waals surface area contributed by atoms with Crippen LogP contribution in [-0.4, -0.2) is 12.2 Å². The molecule has 0 aliphatic carbocycles. The molecule has 0 aliphatic heterocycles. The number of rotatable bonds is 3. The van der Waals surface area contributed by atoms with E-state index in [1.165, 1.54) is 25.3 Å². The molecule has 1 N–H and O–H groups in total. The van der Waals surface area contributed by atoms with Gasteiger partial charge in [0, 0.05) is 5.56 Å². The largest absolute Gasteiger partial charge is 0.495 e. The van der Waals surface area contributed by atoms with Crippen LogP contribution in [0.25, 0.3) is 0 Å². The molecular weight excluding hydrogens is 309 g/mol. The molecule has 2 rings (SSSR count). The standard InChI is InChI=1S/C14H10Cl2F2O2/c1-20-13-4-7(2-3-9(13)15)14(19)8-5-12(18)10(16)6-11(8)17/h2-6,14,19H,1H3. The number of benzene rings is 2. The van der Waals surface area contributed by atoms with E-state index in [-0.39, 0.29) is 10.6 Å². The molecule has 2 aromatic carbocycles. The highest BCUT2D eigenvalue weighted by Crippen LogP contribution is 2.32. The maximum absolute atomic E-state index is 13.8. The highest BCUT2D eigenvalue weighted by atomic mass is 35.5. The minimum atomic E-state index is -1.35. The van der Waals surface area contributed by atoms with Crippen molar-refractivity contribution >= 4 is 23.2 Å². The van der Waals surface area contributed by atoms with E-state index >= 15 is 0 Å². The second-order valence-corrected chi connectivity index (χ2v) is 4.90. The van der Waals surface area contributed by atoms with Gasteiger partial charge in [0.05, 0.1) is 17.2 Å². The van der Waals surface area contributed by atoms with E-state index in [4.69, 9.17) is 27.9 Å². The van der Waals surface area contributed by atoms with Crippen LogP contribution in [0.4, 0.5) is 8.78 Å². The summed E-state index contributed by atoms with van der Waals surface area (Å²) in [6, 6.07) is 6.15. The molecule has 6 heteroatoms. The Morgan fingerprint density at radius 2 is 1.75 bits per heavy atom. The summed E-state index contributed by atoms with van der Waals surface area (Å²) >= 11 is 11.3. The van der Waals surface area contributed by atoms with Crippen molar-refractivity contribution in [3.63, 3.8) is 0 Å². The zero-order valence-electron chi connectivity index (χ0n) is 10.3. The lowest BCUT2D eigenvalue weighted by Gasteiger charge is -2.14. The monoisotopic (exact) mass is 318 g/mol. The smallest absolute Gasteiger partial charge is 0.142 e. The predicted molar refractivity (Wildman–Crippen MR) is 73.4 cm³/mol. The van der Waals surface area contributed by atoms with Crippen LogP contribution < -0.4 is 4.74 Å². The quantitative estimate of drug-likeness (QED) is 0.852. The first-order chi connectivity index (χ1) is 9.43. The Bertz CT molecular complexity index is 647. The van der Waals surface area contributed by atoms with Gasteiger partial charge in [0.25, 0.3) is 0 Å². The summed E-state index contributed by atoms with van der Waals surface area (Å²) in [6.45, 7) is 0. The van der Waals surface area contributed by atoms with Crippen molar-refractivity contribution in [1.82, 2.24) is 0 Å². The van der Waals surface area contributed by atoms with E-state index in [0.717, 1.165) is 12.1 Å². The van der Waals surface area contributed by atoms with Crippen molar-refractivity contribution in [2.75, 3.05) is 7.11 Å². The molecular formula is C14H10Cl2F2O2. The molecule has 20 heavy (non-hydrogen) atoms. The van der Waals surface area contributed by atoms with Gasteiger partial charge in [-0.3, -0.25) is 0 Å². The highest BCUT2D eigenvalue weighted by molar-refractivity contribution is 6.32. The zero-order chi connectivity index (χ0) is 14.9. The van der Waals surface area contributed by atoms with Gasteiger partial charge < -0.3 is 9.84 Å². The van der Waals surface area contributed by atoms with Crippen molar-refractivity contribution in [3.05, 3.63) is 63.1 Å². The fourth-order valence-electron chi connectivity index (χ4n) is 1.77. The number of methoxy groups -OCH3 is 1. The second kappa shape index (κ2) is 5.95. The average Bonchev–Trinajstić information content (AvgIpc) is 2.42. The van der Waals surface area contributed by atoms with Crippen LogP contribution in [0.15, 0.2) is 30.3 Å². The molecule has 0 bridgehead atoms. The summed E-state index contributed by atoms with van der Waals surface area (Å²) in [5.41, 5.74) is 0.114. The van der Waals surface area contributed by atoms with Gasteiger partial charge in [-0.1, -0.05) is 29.3 Å². The highest BCUT2D eigenvalue weighted by Gasteiger charge is 2.19. The molecule has 0 spiro atoms.